The molecule has 2 heterocycles. The second-order valence-corrected chi connectivity index (χ2v) is 5.45. The zero-order valence-corrected chi connectivity index (χ0v) is 13.4. The molecule has 1 aliphatic heterocycles. The molecule has 0 radical (unpaired) electrons. The van der Waals surface area contributed by atoms with Crippen LogP contribution in [0.15, 0.2) is 28.7 Å². The molecule has 1 amide bonds. The van der Waals surface area contributed by atoms with E-state index in [1.807, 2.05) is 11.8 Å². The standard InChI is InChI=1S/C16H19FN4O3/c1-2-14-18-19-16(24-14)21-8-6-20(7-9-21)15(22)11-23-13-5-3-4-12(17)10-13/h3-5,10H,2,6-9,11H2,1H3. The third-order valence-corrected chi connectivity index (χ3v) is 3.82. The molecule has 3 rings (SSSR count). The van der Waals surface area contributed by atoms with E-state index in [0.717, 1.165) is 0 Å². The second-order valence-electron chi connectivity index (χ2n) is 5.45. The van der Waals surface area contributed by atoms with Crippen LogP contribution < -0.4 is 9.64 Å². The number of hydrogen-bond donors (Lipinski definition) is 0. The van der Waals surface area contributed by atoms with Crippen LogP contribution in [0.4, 0.5) is 10.4 Å². The van der Waals surface area contributed by atoms with Gasteiger partial charge in [-0.2, -0.15) is 0 Å². The average molecular weight is 334 g/mol. The molecule has 1 fully saturated rings. The van der Waals surface area contributed by atoms with Crippen molar-refractivity contribution in [2.24, 2.45) is 0 Å². The predicted octanol–water partition coefficient (Wildman–Crippen LogP) is 1.50. The summed E-state index contributed by atoms with van der Waals surface area (Å²) >= 11 is 0. The molecule has 128 valence electrons. The van der Waals surface area contributed by atoms with E-state index in [1.54, 1.807) is 17.0 Å². The fraction of sp³-hybridized carbons (Fsp3) is 0.438. The number of rotatable bonds is 5. The van der Waals surface area contributed by atoms with Crippen LogP contribution in [-0.4, -0.2) is 53.8 Å². The molecule has 0 N–H and O–H groups in total. The van der Waals surface area contributed by atoms with Crippen LogP contribution in [-0.2, 0) is 11.2 Å². The van der Waals surface area contributed by atoms with E-state index in [9.17, 15) is 9.18 Å². The van der Waals surface area contributed by atoms with Gasteiger partial charge in [-0.3, -0.25) is 4.79 Å². The van der Waals surface area contributed by atoms with E-state index in [-0.39, 0.29) is 18.3 Å². The van der Waals surface area contributed by atoms with Gasteiger partial charge >= 0.3 is 6.01 Å². The van der Waals surface area contributed by atoms with Crippen molar-refractivity contribution in [1.82, 2.24) is 15.1 Å². The number of carbonyl (C=O) groups excluding carboxylic acids is 1. The third-order valence-electron chi connectivity index (χ3n) is 3.82. The first-order valence-corrected chi connectivity index (χ1v) is 7.89. The Balaban J connectivity index is 1.48. The van der Waals surface area contributed by atoms with Crippen molar-refractivity contribution in [3.8, 4) is 5.75 Å². The topological polar surface area (TPSA) is 71.7 Å². The number of halogens is 1. The van der Waals surface area contributed by atoms with E-state index in [2.05, 4.69) is 10.2 Å². The van der Waals surface area contributed by atoms with E-state index in [4.69, 9.17) is 9.15 Å². The molecule has 0 aliphatic carbocycles. The lowest BCUT2D eigenvalue weighted by Crippen LogP contribution is -2.50. The Labute approximate surface area is 139 Å². The number of nitrogens with zero attached hydrogens (tertiary/aromatic N) is 4. The second kappa shape index (κ2) is 7.29. The van der Waals surface area contributed by atoms with E-state index in [1.165, 1.54) is 12.1 Å². The highest BCUT2D eigenvalue weighted by atomic mass is 19.1. The molecule has 8 heteroatoms. The maximum absolute atomic E-state index is 13.1. The van der Waals surface area contributed by atoms with Crippen LogP contribution in [0.1, 0.15) is 12.8 Å². The summed E-state index contributed by atoms with van der Waals surface area (Å²) in [5, 5.41) is 7.96. The Kier molecular flexibility index (Phi) is 4.93. The van der Waals surface area contributed by atoms with Gasteiger partial charge in [-0.25, -0.2) is 4.39 Å². The molecule has 1 aromatic carbocycles. The lowest BCUT2D eigenvalue weighted by Gasteiger charge is -2.33. The SMILES string of the molecule is CCc1nnc(N2CCN(C(=O)COc3cccc(F)c3)CC2)o1. The van der Waals surface area contributed by atoms with E-state index >= 15 is 0 Å². The van der Waals surface area contributed by atoms with Gasteiger partial charge < -0.3 is 19.0 Å². The summed E-state index contributed by atoms with van der Waals surface area (Å²) in [6.45, 7) is 4.19. The van der Waals surface area contributed by atoms with Crippen LogP contribution in [0.5, 0.6) is 5.75 Å². The summed E-state index contributed by atoms with van der Waals surface area (Å²) < 4.78 is 23.9. The smallest absolute Gasteiger partial charge is 0.318 e. The van der Waals surface area contributed by atoms with Crippen molar-refractivity contribution in [2.45, 2.75) is 13.3 Å². The number of hydrogen-bond acceptors (Lipinski definition) is 6. The third kappa shape index (κ3) is 3.81. The number of piperazine rings is 1. The highest BCUT2D eigenvalue weighted by molar-refractivity contribution is 5.78. The highest BCUT2D eigenvalue weighted by Crippen LogP contribution is 2.16. The number of aromatic nitrogens is 2. The number of amides is 1. The Morgan fingerprint density at radius 3 is 2.75 bits per heavy atom. The number of benzene rings is 1. The Morgan fingerprint density at radius 2 is 2.08 bits per heavy atom. The van der Waals surface area contributed by atoms with Gasteiger partial charge in [0, 0.05) is 38.7 Å². The first-order valence-electron chi connectivity index (χ1n) is 7.89. The van der Waals surface area contributed by atoms with Gasteiger partial charge in [-0.05, 0) is 12.1 Å². The van der Waals surface area contributed by atoms with Gasteiger partial charge in [0.05, 0.1) is 0 Å². The zero-order valence-electron chi connectivity index (χ0n) is 13.4. The number of anilines is 1. The minimum absolute atomic E-state index is 0.107. The molecule has 2 aromatic rings. The van der Waals surface area contributed by atoms with Crippen molar-refractivity contribution >= 4 is 11.9 Å². The average Bonchev–Trinajstić information content (AvgIpc) is 3.09. The normalized spacial score (nSPS) is 14.8. The summed E-state index contributed by atoms with van der Waals surface area (Å²) in [7, 11) is 0. The Hall–Kier alpha value is -2.64. The fourth-order valence-electron chi connectivity index (χ4n) is 2.46. The fourth-order valence-corrected chi connectivity index (χ4v) is 2.46. The van der Waals surface area contributed by atoms with Gasteiger partial charge in [0.1, 0.15) is 11.6 Å². The van der Waals surface area contributed by atoms with Crippen molar-refractivity contribution in [3.63, 3.8) is 0 Å². The monoisotopic (exact) mass is 334 g/mol. The number of ether oxygens (including phenoxy) is 1. The first-order chi connectivity index (χ1) is 11.7. The molecular formula is C16H19FN4O3. The molecule has 1 saturated heterocycles. The summed E-state index contributed by atoms with van der Waals surface area (Å²) in [4.78, 5) is 15.9. The van der Waals surface area contributed by atoms with Gasteiger partial charge in [-0.15, -0.1) is 5.10 Å². The van der Waals surface area contributed by atoms with Crippen LogP contribution in [0.2, 0.25) is 0 Å². The molecule has 7 nitrogen and oxygen atoms in total. The zero-order chi connectivity index (χ0) is 16.9. The molecule has 1 aliphatic rings. The Bertz CT molecular complexity index is 698. The molecule has 0 saturated carbocycles. The molecular weight excluding hydrogens is 315 g/mol. The number of carbonyl (C=O) groups is 1. The van der Waals surface area contributed by atoms with Gasteiger partial charge in [0.15, 0.2) is 6.61 Å². The van der Waals surface area contributed by atoms with Crippen molar-refractivity contribution in [1.29, 1.82) is 0 Å². The molecule has 0 bridgehead atoms. The maximum Gasteiger partial charge on any atom is 0.318 e. The minimum Gasteiger partial charge on any atom is -0.484 e. The largest absolute Gasteiger partial charge is 0.484 e. The number of aryl methyl sites for hydroxylation is 1. The molecule has 0 atom stereocenters. The van der Waals surface area contributed by atoms with Crippen LogP contribution in [0, 0.1) is 5.82 Å². The lowest BCUT2D eigenvalue weighted by molar-refractivity contribution is -0.133. The Morgan fingerprint density at radius 1 is 1.29 bits per heavy atom. The first kappa shape index (κ1) is 16.2. The summed E-state index contributed by atoms with van der Waals surface area (Å²) in [5.41, 5.74) is 0. The summed E-state index contributed by atoms with van der Waals surface area (Å²) in [6, 6.07) is 6.24. The van der Waals surface area contributed by atoms with Crippen molar-refractivity contribution in [3.05, 3.63) is 36.0 Å². The van der Waals surface area contributed by atoms with E-state index in [0.29, 0.717) is 50.3 Å². The quantitative estimate of drug-likeness (QED) is 0.825. The van der Waals surface area contributed by atoms with Gasteiger partial charge in [0.25, 0.3) is 5.91 Å². The summed E-state index contributed by atoms with van der Waals surface area (Å²) in [6.07, 6.45) is 0.697. The molecule has 0 unspecified atom stereocenters. The van der Waals surface area contributed by atoms with E-state index < -0.39 is 0 Å². The predicted molar refractivity (Wildman–Crippen MR) is 84.4 cm³/mol. The molecule has 1 aromatic heterocycles. The van der Waals surface area contributed by atoms with Crippen molar-refractivity contribution < 1.29 is 18.3 Å². The minimum atomic E-state index is -0.389. The van der Waals surface area contributed by atoms with Gasteiger partial charge in [-0.1, -0.05) is 18.1 Å². The van der Waals surface area contributed by atoms with Gasteiger partial charge in [0.2, 0.25) is 5.89 Å². The molecule has 0 spiro atoms. The van der Waals surface area contributed by atoms with Crippen molar-refractivity contribution in [2.75, 3.05) is 37.7 Å². The van der Waals surface area contributed by atoms with Crippen LogP contribution >= 0.6 is 0 Å². The lowest BCUT2D eigenvalue weighted by atomic mass is 10.3. The van der Waals surface area contributed by atoms with Crippen LogP contribution in [0.25, 0.3) is 0 Å². The maximum atomic E-state index is 13.1. The molecule has 24 heavy (non-hydrogen) atoms. The highest BCUT2D eigenvalue weighted by Gasteiger charge is 2.24. The summed E-state index contributed by atoms with van der Waals surface area (Å²) in [5.74, 6) is 0.435. The van der Waals surface area contributed by atoms with Crippen LogP contribution in [0.3, 0.4) is 0 Å².